The van der Waals surface area contributed by atoms with E-state index in [0.717, 1.165) is 36.8 Å². The molecular weight excluding hydrogens is 1760 g/mol. The minimum Gasteiger partial charge on any atom is -1.00 e. The van der Waals surface area contributed by atoms with Crippen LogP contribution in [0.2, 0.25) is 0 Å². The molecule has 0 N–H and O–H groups in total. The second-order valence-electron chi connectivity index (χ2n) is 26.6. The first-order valence-electron chi connectivity index (χ1n) is 33.1. The van der Waals surface area contributed by atoms with Crippen LogP contribution in [0, 0.1) is 0 Å². The summed E-state index contributed by atoms with van der Waals surface area (Å²) in [4.78, 5) is 81.9. The zero-order chi connectivity index (χ0) is 78.3. The van der Waals surface area contributed by atoms with Gasteiger partial charge in [-0.25, -0.2) is 33.6 Å². The molecule has 19 nitrogen and oxygen atoms in total. The van der Waals surface area contributed by atoms with E-state index in [2.05, 4.69) is 224 Å². The monoisotopic (exact) mass is 1880 g/mol. The molecule has 0 aromatic heterocycles. The molecule has 0 amide bonds. The molecule has 0 fully saturated rings. The van der Waals surface area contributed by atoms with Crippen LogP contribution in [0.25, 0.3) is 22.3 Å². The molecule has 0 bridgehead atoms. The van der Waals surface area contributed by atoms with Crippen LogP contribution >= 0.6 is 47.8 Å². The van der Waals surface area contributed by atoms with Gasteiger partial charge < -0.3 is 107 Å². The normalized spacial score (nSPS) is 10.1. The van der Waals surface area contributed by atoms with Gasteiger partial charge in [0.25, 0.3) is 0 Å². The molecule has 0 aliphatic carbocycles. The molecule has 0 radical (unpaired) electrons. The van der Waals surface area contributed by atoms with Crippen LogP contribution in [0.4, 0.5) is 0 Å². The highest BCUT2D eigenvalue weighted by Gasteiger charge is 2.24. The molecule has 4 aromatic rings. The second-order valence-corrected chi connectivity index (χ2v) is 28.5. The molecule has 0 spiro atoms. The predicted molar refractivity (Wildman–Crippen MR) is 437 cm³/mol. The van der Waals surface area contributed by atoms with Gasteiger partial charge in [0.15, 0.2) is 0 Å². The highest BCUT2D eigenvalue weighted by molar-refractivity contribution is 9.09. The van der Waals surface area contributed by atoms with Crippen molar-refractivity contribution in [2.45, 2.75) is 87.1 Å². The lowest BCUT2D eigenvalue weighted by Crippen LogP contribution is -3.00. The number of hydrogen-bond donors (Lipinski definition) is 0. The van der Waals surface area contributed by atoms with Gasteiger partial charge in [0.05, 0.1) is 42.3 Å². The molecule has 4 aromatic carbocycles. The molecule has 0 saturated heterocycles. The maximum atomic E-state index is 11.7. The van der Waals surface area contributed by atoms with Crippen LogP contribution in [0.5, 0.6) is 0 Å². The van der Waals surface area contributed by atoms with E-state index in [-0.39, 0.29) is 108 Å². The summed E-state index contributed by atoms with van der Waals surface area (Å²) >= 11 is 10.2. The standard InChI is InChI=1S/C30H42N2O4.C14H12Br2.C14H24NO4.2C8H15NO2.C6H9BrO2.2CH4.3BrH/c1-23(2)29(33)35-19-17-31(5,6)21-25-13-9-11-15-27(25)28-16-12-10-14-26(28)22-32(7,8)18-20-36-30(34)24(3)4;15-9-11-5-1-3-7-13(11)14-8-4-2-6-12(14)10-16;1-11(2)13(16)18-9-7-15(5,6)8-10-19-14(17)12(3)4;2*1-7(2)8(10)11-6-5-9(3)4;1-5(2)6(8)9-4-3-7;;;;;/h9-16H,1,3,17-22H2,2,4-8H3;1-8H,9-10H2;1,3,7-10H2,2,4-6H3;2*1,5-6H2,2-4H3;1,3-4H2,2H3;2*1H4;3*1H/q+2;;+1;;;;;;;;/p-3. The highest BCUT2D eigenvalue weighted by atomic mass is 79.9. The van der Waals surface area contributed by atoms with Crippen molar-refractivity contribution in [1.82, 2.24) is 9.80 Å². The Morgan fingerprint density at radius 2 is 0.505 bits per heavy atom. The smallest absolute Gasteiger partial charge is 0.333 e. The van der Waals surface area contributed by atoms with Gasteiger partial charge in [-0.2, -0.15) is 0 Å². The molecule has 0 atom stereocenters. The van der Waals surface area contributed by atoms with E-state index < -0.39 is 0 Å². The number of halogens is 6. The Kier molecular flexibility index (Phi) is 67.1. The van der Waals surface area contributed by atoms with Crippen LogP contribution in [-0.2, 0) is 90.5 Å². The van der Waals surface area contributed by atoms with Crippen LogP contribution in [-0.4, -0.2) is 226 Å². The summed E-state index contributed by atoms with van der Waals surface area (Å²) in [6.07, 6.45) is 0. The third kappa shape index (κ3) is 55.1. The molecular formula is C82H125Br6N5O14. The van der Waals surface area contributed by atoms with E-state index >= 15 is 0 Å². The topological polar surface area (TPSA) is 191 Å². The third-order valence-corrected chi connectivity index (χ3v) is 15.7. The first kappa shape index (κ1) is 114. The van der Waals surface area contributed by atoms with E-state index in [1.54, 1.807) is 48.5 Å². The van der Waals surface area contributed by atoms with E-state index in [1.807, 2.05) is 52.1 Å². The fourth-order valence-electron chi connectivity index (χ4n) is 8.01. The summed E-state index contributed by atoms with van der Waals surface area (Å²) in [5.41, 5.74) is 13.1. The zero-order valence-electron chi connectivity index (χ0n) is 65.1. The quantitative estimate of drug-likeness (QED) is 0.0164. The van der Waals surface area contributed by atoms with Crippen LogP contribution in [0.3, 0.4) is 0 Å². The van der Waals surface area contributed by atoms with Crippen molar-refractivity contribution >= 4 is 89.6 Å². The molecule has 25 heteroatoms. The number of alkyl halides is 3. The van der Waals surface area contributed by atoms with E-state index in [0.29, 0.717) is 130 Å². The zero-order valence-corrected chi connectivity index (χ0v) is 74.7. The molecule has 604 valence electrons. The summed E-state index contributed by atoms with van der Waals surface area (Å²) < 4.78 is 37.0. The second kappa shape index (κ2) is 62.8. The lowest BCUT2D eigenvalue weighted by molar-refractivity contribution is -0.903. The SMILES string of the molecule is BrCc1ccccc1-c1ccccc1CBr.C.C.C=C(C)C(=O)OCCBr.C=C(C)C(=O)OCCN(C)C.C=C(C)C(=O)OCCN(C)C.C=C(C)C(=O)OCC[N+](C)(C)CCOC(=O)C(=C)C.C=C(C)C(=O)OCC[N+](C)(C)Cc1ccccc1-c1ccccc1C[N+](C)(C)CCOC(=O)C(=C)C.[Br-].[Br-].[Br-]. The summed E-state index contributed by atoms with van der Waals surface area (Å²) in [6.45, 7) is 44.4. The number of ether oxygens (including phenoxy) is 7. The lowest BCUT2D eigenvalue weighted by Gasteiger charge is -2.32. The van der Waals surface area contributed by atoms with Gasteiger partial charge in [0, 0.05) is 79.2 Å². The number of nitrogens with zero attached hydrogens (tertiary/aromatic N) is 5. The largest absolute Gasteiger partial charge is 1.00 e. The number of esters is 7. The van der Waals surface area contributed by atoms with Gasteiger partial charge in [0.1, 0.15) is 85.5 Å². The van der Waals surface area contributed by atoms with Crippen molar-refractivity contribution in [2.24, 2.45) is 0 Å². The maximum absolute atomic E-state index is 11.7. The number of quaternary nitrogens is 3. The minimum absolute atomic E-state index is 0. The van der Waals surface area contributed by atoms with Gasteiger partial charge in [-0.05, 0) is 110 Å². The first-order valence-corrected chi connectivity index (χ1v) is 36.5. The first-order chi connectivity index (χ1) is 47.6. The summed E-state index contributed by atoms with van der Waals surface area (Å²) in [5, 5.41) is 2.45. The van der Waals surface area contributed by atoms with Crippen LogP contribution in [0.1, 0.15) is 85.6 Å². The Balaban J connectivity index is -0.000000240. The maximum Gasteiger partial charge on any atom is 0.333 e. The Labute approximate surface area is 699 Å². The summed E-state index contributed by atoms with van der Waals surface area (Å²) in [6, 6.07) is 34.0. The van der Waals surface area contributed by atoms with Crippen molar-refractivity contribution in [2.75, 3.05) is 161 Å². The number of carbonyl (C=O) groups is 7. The Bertz CT molecular complexity index is 3200. The fourth-order valence-corrected chi connectivity index (χ4v) is 9.15. The number of carbonyl (C=O) groups excluding carboxylic acids is 7. The number of benzene rings is 4. The van der Waals surface area contributed by atoms with E-state index in [9.17, 15) is 33.6 Å². The summed E-state index contributed by atoms with van der Waals surface area (Å²) in [7, 11) is 20.2. The van der Waals surface area contributed by atoms with Crippen LogP contribution in [0.15, 0.2) is 182 Å². The van der Waals surface area contributed by atoms with Crippen molar-refractivity contribution in [3.63, 3.8) is 0 Å². The van der Waals surface area contributed by atoms with Gasteiger partial charge in [-0.15, -0.1) is 0 Å². The molecule has 0 heterocycles. The highest BCUT2D eigenvalue weighted by Crippen LogP contribution is 2.32. The lowest BCUT2D eigenvalue weighted by atomic mass is 9.94. The molecule has 0 unspecified atom stereocenters. The van der Waals surface area contributed by atoms with Gasteiger partial charge >= 0.3 is 41.8 Å². The van der Waals surface area contributed by atoms with Gasteiger partial charge in [0.2, 0.25) is 0 Å². The van der Waals surface area contributed by atoms with Crippen molar-refractivity contribution in [1.29, 1.82) is 0 Å². The van der Waals surface area contributed by atoms with Gasteiger partial charge in [-0.3, -0.25) is 0 Å². The Morgan fingerprint density at radius 3 is 0.710 bits per heavy atom. The average Bonchev–Trinajstić information content (AvgIpc) is 0.814. The van der Waals surface area contributed by atoms with Crippen molar-refractivity contribution in [3.8, 4) is 22.3 Å². The van der Waals surface area contributed by atoms with Crippen molar-refractivity contribution in [3.05, 3.63) is 204 Å². The third-order valence-electron chi connectivity index (χ3n) is 14.1. The summed E-state index contributed by atoms with van der Waals surface area (Å²) in [5.74, 6) is -2.41. The fraction of sp³-hybridized carbons (Fsp3) is 0.451. The van der Waals surface area contributed by atoms with E-state index in [4.69, 9.17) is 28.4 Å². The van der Waals surface area contributed by atoms with Gasteiger partial charge in [-0.1, -0.05) is 206 Å². The molecule has 4 rings (SSSR count). The molecule has 0 aliphatic rings. The number of likely N-dealkylation sites (N-methyl/N-ethyl adjacent to an activating group) is 5. The van der Waals surface area contributed by atoms with E-state index in [1.165, 1.54) is 44.5 Å². The Morgan fingerprint density at radius 1 is 0.318 bits per heavy atom. The van der Waals surface area contributed by atoms with Crippen molar-refractivity contribution < 1.29 is 131 Å². The average molecular weight is 1880 g/mol. The molecule has 0 aliphatic heterocycles. The number of rotatable bonds is 35. The van der Waals surface area contributed by atoms with Crippen LogP contribution < -0.4 is 50.9 Å². The molecule has 0 saturated carbocycles. The predicted octanol–water partition coefficient (Wildman–Crippen LogP) is 6.31. The number of hydrogen-bond acceptors (Lipinski definition) is 16. The molecule has 107 heavy (non-hydrogen) atoms. The Hall–Kier alpha value is -5.97. The minimum atomic E-state index is -0.381.